The van der Waals surface area contributed by atoms with Crippen LogP contribution in [0.5, 0.6) is 0 Å². The second-order valence-electron chi connectivity index (χ2n) is 6.12. The zero-order valence-electron chi connectivity index (χ0n) is 13.6. The average Bonchev–Trinajstić information content (AvgIpc) is 3.21. The molecule has 1 saturated heterocycles. The summed E-state index contributed by atoms with van der Waals surface area (Å²) < 4.78 is 31.9. The monoisotopic (exact) mass is 366 g/mol. The highest BCUT2D eigenvalue weighted by atomic mass is 19.1. The van der Waals surface area contributed by atoms with Gasteiger partial charge < -0.3 is 20.0 Å². The van der Waals surface area contributed by atoms with Gasteiger partial charge in [0, 0.05) is 24.5 Å². The summed E-state index contributed by atoms with van der Waals surface area (Å²) in [4.78, 5) is 28.8. The van der Waals surface area contributed by atoms with Crippen molar-refractivity contribution in [2.75, 3.05) is 6.61 Å². The van der Waals surface area contributed by atoms with Gasteiger partial charge in [0.1, 0.15) is 11.6 Å². The van der Waals surface area contributed by atoms with E-state index >= 15 is 0 Å². The lowest BCUT2D eigenvalue weighted by molar-refractivity contribution is -0.147. The number of carboxylic acids is 1. The first-order chi connectivity index (χ1) is 12.3. The Bertz CT molecular complexity index is 777. The SMILES string of the molecule is C=C[C@@]1(C(=O)N[C@H]2CO[C@@H](C(=O)O)C2)CC(c2cc(F)cc(F)c2)=NO1. The molecule has 7 nitrogen and oxygen atoms in total. The fraction of sp³-hybridized carbons (Fsp3) is 0.353. The third-order valence-electron chi connectivity index (χ3n) is 4.27. The summed E-state index contributed by atoms with van der Waals surface area (Å²) in [6.07, 6.45) is 0.323. The van der Waals surface area contributed by atoms with Crippen molar-refractivity contribution in [1.82, 2.24) is 5.32 Å². The predicted molar refractivity (Wildman–Crippen MR) is 85.4 cm³/mol. The summed E-state index contributed by atoms with van der Waals surface area (Å²) in [7, 11) is 0. The van der Waals surface area contributed by atoms with Crippen LogP contribution < -0.4 is 5.32 Å². The number of ether oxygens (including phenoxy) is 1. The van der Waals surface area contributed by atoms with Crippen molar-refractivity contribution < 1.29 is 33.1 Å². The van der Waals surface area contributed by atoms with Crippen LogP contribution in [0.25, 0.3) is 0 Å². The van der Waals surface area contributed by atoms with Gasteiger partial charge in [-0.2, -0.15) is 0 Å². The second-order valence-corrected chi connectivity index (χ2v) is 6.12. The van der Waals surface area contributed by atoms with E-state index in [1.54, 1.807) is 0 Å². The minimum atomic E-state index is -1.54. The van der Waals surface area contributed by atoms with E-state index in [2.05, 4.69) is 17.1 Å². The van der Waals surface area contributed by atoms with E-state index in [0.717, 1.165) is 18.2 Å². The number of hydrogen-bond donors (Lipinski definition) is 2. The minimum Gasteiger partial charge on any atom is -0.479 e. The molecular weight excluding hydrogens is 350 g/mol. The molecule has 138 valence electrons. The molecule has 0 spiro atoms. The first-order valence-electron chi connectivity index (χ1n) is 7.83. The molecule has 3 rings (SSSR count). The molecule has 2 aliphatic heterocycles. The van der Waals surface area contributed by atoms with E-state index in [1.165, 1.54) is 6.08 Å². The van der Waals surface area contributed by atoms with Gasteiger partial charge in [0.05, 0.1) is 18.4 Å². The lowest BCUT2D eigenvalue weighted by atomic mass is 9.92. The Morgan fingerprint density at radius 2 is 2.04 bits per heavy atom. The van der Waals surface area contributed by atoms with Crippen molar-refractivity contribution in [3.8, 4) is 0 Å². The molecule has 1 aromatic carbocycles. The molecule has 0 bridgehead atoms. The summed E-state index contributed by atoms with van der Waals surface area (Å²) in [6.45, 7) is 3.64. The Labute approximate surface area is 147 Å². The van der Waals surface area contributed by atoms with Gasteiger partial charge >= 0.3 is 5.97 Å². The lowest BCUT2D eigenvalue weighted by Crippen LogP contribution is -2.49. The average molecular weight is 366 g/mol. The van der Waals surface area contributed by atoms with Crippen LogP contribution >= 0.6 is 0 Å². The summed E-state index contributed by atoms with van der Waals surface area (Å²) in [5.41, 5.74) is -1.18. The Hall–Kier alpha value is -2.81. The van der Waals surface area contributed by atoms with Gasteiger partial charge in [0.25, 0.3) is 5.91 Å². The van der Waals surface area contributed by atoms with Crippen LogP contribution in [-0.4, -0.2) is 47.0 Å². The third kappa shape index (κ3) is 3.43. The second kappa shape index (κ2) is 6.83. The first kappa shape index (κ1) is 18.0. The Balaban J connectivity index is 1.70. The van der Waals surface area contributed by atoms with Crippen molar-refractivity contribution >= 4 is 17.6 Å². The molecule has 0 unspecified atom stereocenters. The number of nitrogens with zero attached hydrogens (tertiary/aromatic N) is 1. The molecule has 1 fully saturated rings. The van der Waals surface area contributed by atoms with Crippen LogP contribution in [0.1, 0.15) is 18.4 Å². The van der Waals surface area contributed by atoms with E-state index in [0.29, 0.717) is 0 Å². The Kier molecular flexibility index (Phi) is 4.73. The molecule has 2 aliphatic rings. The first-order valence-corrected chi connectivity index (χ1v) is 7.83. The van der Waals surface area contributed by atoms with Gasteiger partial charge in [-0.15, -0.1) is 0 Å². The number of amides is 1. The smallest absolute Gasteiger partial charge is 0.332 e. The molecule has 1 aromatic rings. The fourth-order valence-corrected chi connectivity index (χ4v) is 2.86. The molecule has 2 N–H and O–H groups in total. The molecule has 0 aromatic heterocycles. The van der Waals surface area contributed by atoms with Gasteiger partial charge in [-0.1, -0.05) is 11.7 Å². The number of carbonyl (C=O) groups excluding carboxylic acids is 1. The molecule has 0 radical (unpaired) electrons. The standard InChI is InChI=1S/C17H16F2N2O5/c1-2-17(16(24)20-12-6-14(15(22)23)25-8-12)7-13(21-26-17)9-3-10(18)5-11(19)4-9/h2-5,12,14H,1,6-8H2,(H,20,24)(H,22,23)/t12-,14-,17+/m1/s1. The largest absolute Gasteiger partial charge is 0.479 e. The van der Waals surface area contributed by atoms with E-state index in [9.17, 15) is 18.4 Å². The van der Waals surface area contributed by atoms with Crippen LogP contribution in [0.4, 0.5) is 8.78 Å². The highest BCUT2D eigenvalue weighted by molar-refractivity contribution is 6.06. The zero-order chi connectivity index (χ0) is 18.9. The number of carboxylic acid groups (broad SMARTS) is 1. The summed E-state index contributed by atoms with van der Waals surface area (Å²) in [5.74, 6) is -3.23. The van der Waals surface area contributed by atoms with Crippen LogP contribution in [0, 0.1) is 11.6 Å². The maximum absolute atomic E-state index is 13.4. The van der Waals surface area contributed by atoms with Gasteiger partial charge in [-0.25, -0.2) is 13.6 Å². The van der Waals surface area contributed by atoms with E-state index < -0.39 is 41.3 Å². The number of hydrogen-bond acceptors (Lipinski definition) is 5. The molecule has 9 heteroatoms. The number of halogens is 2. The zero-order valence-corrected chi connectivity index (χ0v) is 13.6. The van der Waals surface area contributed by atoms with Gasteiger partial charge in [0.15, 0.2) is 6.10 Å². The molecule has 26 heavy (non-hydrogen) atoms. The maximum Gasteiger partial charge on any atom is 0.332 e. The molecule has 0 aliphatic carbocycles. The normalized spacial score (nSPS) is 27.5. The van der Waals surface area contributed by atoms with E-state index in [4.69, 9.17) is 14.7 Å². The maximum atomic E-state index is 13.4. The van der Waals surface area contributed by atoms with Crippen LogP contribution in [-0.2, 0) is 19.2 Å². The highest BCUT2D eigenvalue weighted by Crippen LogP contribution is 2.29. The van der Waals surface area contributed by atoms with Crippen LogP contribution in [0.2, 0.25) is 0 Å². The van der Waals surface area contributed by atoms with Crippen LogP contribution in [0.15, 0.2) is 36.0 Å². The van der Waals surface area contributed by atoms with E-state index in [-0.39, 0.29) is 30.7 Å². The lowest BCUT2D eigenvalue weighted by Gasteiger charge is -2.23. The number of nitrogens with one attached hydrogen (secondary N) is 1. The van der Waals surface area contributed by atoms with Crippen molar-refractivity contribution in [1.29, 1.82) is 0 Å². The summed E-state index contributed by atoms with van der Waals surface area (Å²) >= 11 is 0. The van der Waals surface area contributed by atoms with Gasteiger partial charge in [-0.05, 0) is 18.2 Å². The fourth-order valence-electron chi connectivity index (χ4n) is 2.86. The summed E-state index contributed by atoms with van der Waals surface area (Å²) in [6, 6.07) is 2.40. The van der Waals surface area contributed by atoms with E-state index in [1.807, 2.05) is 0 Å². The number of carbonyl (C=O) groups is 2. The quantitative estimate of drug-likeness (QED) is 0.768. The third-order valence-corrected chi connectivity index (χ3v) is 4.27. The molecular formula is C17H16F2N2O5. The predicted octanol–water partition coefficient (Wildman–Crippen LogP) is 1.37. The number of aliphatic carboxylic acids is 1. The number of rotatable bonds is 5. The highest BCUT2D eigenvalue weighted by Gasteiger charge is 2.46. The molecule has 3 atom stereocenters. The number of oxime groups is 1. The van der Waals surface area contributed by atoms with Crippen molar-refractivity contribution in [3.05, 3.63) is 48.1 Å². The molecule has 2 heterocycles. The molecule has 0 saturated carbocycles. The van der Waals surface area contributed by atoms with Crippen molar-refractivity contribution in [2.45, 2.75) is 30.6 Å². The topological polar surface area (TPSA) is 97.2 Å². The van der Waals surface area contributed by atoms with Gasteiger partial charge in [-0.3, -0.25) is 4.79 Å². The molecule has 1 amide bonds. The number of benzene rings is 1. The van der Waals surface area contributed by atoms with Crippen molar-refractivity contribution in [2.24, 2.45) is 5.16 Å². The van der Waals surface area contributed by atoms with Crippen molar-refractivity contribution in [3.63, 3.8) is 0 Å². The Morgan fingerprint density at radius 3 is 2.62 bits per heavy atom. The summed E-state index contributed by atoms with van der Waals surface area (Å²) in [5, 5.41) is 15.3. The minimum absolute atomic E-state index is 0.0543. The van der Waals surface area contributed by atoms with Gasteiger partial charge in [0.2, 0.25) is 5.60 Å². The Morgan fingerprint density at radius 1 is 1.35 bits per heavy atom. The van der Waals surface area contributed by atoms with Crippen LogP contribution in [0.3, 0.4) is 0 Å².